The molecule has 2 unspecified atom stereocenters. The van der Waals surface area contributed by atoms with E-state index in [1.165, 1.54) is 30.6 Å². The first kappa shape index (κ1) is 15.6. The van der Waals surface area contributed by atoms with E-state index in [2.05, 4.69) is 5.32 Å². The highest BCUT2D eigenvalue weighted by Gasteiger charge is 2.21. The van der Waals surface area contributed by atoms with Crippen molar-refractivity contribution in [3.8, 4) is 0 Å². The number of thiophene rings is 1. The molecule has 2 atom stereocenters. The van der Waals surface area contributed by atoms with Crippen molar-refractivity contribution in [3.05, 3.63) is 58.0 Å². The molecule has 0 saturated carbocycles. The molecule has 1 aromatic carbocycles. The molecule has 1 heterocycles. The van der Waals surface area contributed by atoms with Gasteiger partial charge in [0.1, 0.15) is 11.9 Å². The number of ether oxygens (including phenoxy) is 1. The largest absolute Gasteiger partial charge is 0.383 e. The Hall–Kier alpha value is -1.76. The van der Waals surface area contributed by atoms with Crippen LogP contribution >= 0.6 is 11.3 Å². The second-order valence-electron chi connectivity index (χ2n) is 4.57. The lowest BCUT2D eigenvalue weighted by molar-refractivity contribution is -0.123. The van der Waals surface area contributed by atoms with Gasteiger partial charge in [0.15, 0.2) is 0 Å². The van der Waals surface area contributed by atoms with Crippen LogP contribution in [0.2, 0.25) is 0 Å². The fourth-order valence-corrected chi connectivity index (χ4v) is 2.74. The number of benzene rings is 1. The van der Waals surface area contributed by atoms with E-state index in [1.807, 2.05) is 17.5 Å². The zero-order chi connectivity index (χ0) is 15.2. The third-order valence-corrected chi connectivity index (χ3v) is 3.94. The SMILES string of the molecule is COCC(N)C(=O)NC(c1ccc(F)cc1)c1cccs1. The lowest BCUT2D eigenvalue weighted by Crippen LogP contribution is -2.44. The number of rotatable bonds is 6. The van der Waals surface area contributed by atoms with Crippen LogP contribution in [-0.2, 0) is 9.53 Å². The van der Waals surface area contributed by atoms with Crippen molar-refractivity contribution in [2.45, 2.75) is 12.1 Å². The lowest BCUT2D eigenvalue weighted by Gasteiger charge is -2.20. The Morgan fingerprint density at radius 2 is 2.10 bits per heavy atom. The second-order valence-corrected chi connectivity index (χ2v) is 5.55. The van der Waals surface area contributed by atoms with E-state index in [4.69, 9.17) is 10.5 Å². The highest BCUT2D eigenvalue weighted by atomic mass is 32.1. The highest BCUT2D eigenvalue weighted by molar-refractivity contribution is 7.10. The molecule has 21 heavy (non-hydrogen) atoms. The Bertz CT molecular complexity index is 572. The zero-order valence-corrected chi connectivity index (χ0v) is 12.4. The number of methoxy groups -OCH3 is 1. The number of hydrogen-bond acceptors (Lipinski definition) is 4. The van der Waals surface area contributed by atoms with Gasteiger partial charge in [0.05, 0.1) is 12.6 Å². The molecule has 2 aromatic rings. The summed E-state index contributed by atoms with van der Waals surface area (Å²) in [6.45, 7) is 0.145. The van der Waals surface area contributed by atoms with E-state index in [-0.39, 0.29) is 24.4 Å². The molecule has 0 aliphatic carbocycles. The molecule has 0 spiro atoms. The third kappa shape index (κ3) is 4.10. The predicted molar refractivity (Wildman–Crippen MR) is 80.6 cm³/mol. The minimum Gasteiger partial charge on any atom is -0.383 e. The maximum absolute atomic E-state index is 13.1. The Labute approximate surface area is 126 Å². The Morgan fingerprint density at radius 3 is 2.67 bits per heavy atom. The van der Waals surface area contributed by atoms with Gasteiger partial charge in [-0.25, -0.2) is 4.39 Å². The molecule has 0 aliphatic rings. The second kappa shape index (κ2) is 7.31. The summed E-state index contributed by atoms with van der Waals surface area (Å²) in [5.74, 6) is -0.620. The number of halogens is 1. The van der Waals surface area contributed by atoms with Crippen LogP contribution in [0.3, 0.4) is 0 Å². The Kier molecular flexibility index (Phi) is 5.44. The van der Waals surface area contributed by atoms with Gasteiger partial charge in [0, 0.05) is 12.0 Å². The van der Waals surface area contributed by atoms with Crippen LogP contribution in [0.15, 0.2) is 41.8 Å². The average Bonchev–Trinajstić information content (AvgIpc) is 3.00. The van der Waals surface area contributed by atoms with Crippen molar-refractivity contribution in [1.29, 1.82) is 0 Å². The molecule has 0 aliphatic heterocycles. The first-order chi connectivity index (χ1) is 10.1. The number of hydrogen-bond donors (Lipinski definition) is 2. The summed E-state index contributed by atoms with van der Waals surface area (Å²) in [7, 11) is 1.49. The number of amides is 1. The van der Waals surface area contributed by atoms with Crippen LogP contribution in [0.4, 0.5) is 4.39 Å². The topological polar surface area (TPSA) is 64.3 Å². The Morgan fingerprint density at radius 1 is 1.38 bits per heavy atom. The summed E-state index contributed by atoms with van der Waals surface area (Å²) in [4.78, 5) is 13.1. The first-order valence-electron chi connectivity index (χ1n) is 6.45. The Balaban J connectivity index is 2.21. The summed E-state index contributed by atoms with van der Waals surface area (Å²) < 4.78 is 17.9. The van der Waals surface area contributed by atoms with Crippen molar-refractivity contribution in [3.63, 3.8) is 0 Å². The van der Waals surface area contributed by atoms with Crippen molar-refractivity contribution >= 4 is 17.2 Å². The number of nitrogens with two attached hydrogens (primary N) is 1. The molecular weight excluding hydrogens is 291 g/mol. The molecule has 4 nitrogen and oxygen atoms in total. The van der Waals surface area contributed by atoms with Gasteiger partial charge in [-0.1, -0.05) is 18.2 Å². The molecule has 2 rings (SSSR count). The maximum atomic E-state index is 13.1. The standard InChI is InChI=1S/C15H17FN2O2S/c1-20-9-12(17)15(19)18-14(13-3-2-8-21-13)10-4-6-11(16)7-5-10/h2-8,12,14H,9,17H2,1H3,(H,18,19). The van der Waals surface area contributed by atoms with Gasteiger partial charge in [0.25, 0.3) is 0 Å². The van der Waals surface area contributed by atoms with Gasteiger partial charge in [-0.05, 0) is 29.1 Å². The van der Waals surface area contributed by atoms with Crippen LogP contribution in [-0.4, -0.2) is 25.7 Å². The fourth-order valence-electron chi connectivity index (χ4n) is 1.93. The third-order valence-electron chi connectivity index (χ3n) is 3.00. The van der Waals surface area contributed by atoms with Gasteiger partial charge in [-0.2, -0.15) is 0 Å². The van der Waals surface area contributed by atoms with E-state index in [0.29, 0.717) is 0 Å². The van der Waals surface area contributed by atoms with Crippen molar-refractivity contribution < 1.29 is 13.9 Å². The molecule has 3 N–H and O–H groups in total. The van der Waals surface area contributed by atoms with E-state index in [9.17, 15) is 9.18 Å². The first-order valence-corrected chi connectivity index (χ1v) is 7.33. The smallest absolute Gasteiger partial charge is 0.240 e. The molecular formula is C15H17FN2O2S. The summed E-state index contributed by atoms with van der Waals surface area (Å²) >= 11 is 1.52. The monoisotopic (exact) mass is 308 g/mol. The van der Waals surface area contributed by atoms with Gasteiger partial charge in [0.2, 0.25) is 5.91 Å². The van der Waals surface area contributed by atoms with E-state index < -0.39 is 6.04 Å². The molecule has 1 aromatic heterocycles. The van der Waals surface area contributed by atoms with E-state index >= 15 is 0 Å². The quantitative estimate of drug-likeness (QED) is 0.858. The van der Waals surface area contributed by atoms with E-state index in [1.54, 1.807) is 12.1 Å². The number of carbonyl (C=O) groups is 1. The summed E-state index contributed by atoms with van der Waals surface area (Å²) in [6.07, 6.45) is 0. The summed E-state index contributed by atoms with van der Waals surface area (Å²) in [5.41, 5.74) is 6.54. The van der Waals surface area contributed by atoms with Crippen molar-refractivity contribution in [2.75, 3.05) is 13.7 Å². The van der Waals surface area contributed by atoms with Crippen LogP contribution in [0, 0.1) is 5.82 Å². The summed E-state index contributed by atoms with van der Waals surface area (Å²) in [6, 6.07) is 8.79. The predicted octanol–water partition coefficient (Wildman–Crippen LogP) is 2.07. The van der Waals surface area contributed by atoms with Crippen LogP contribution < -0.4 is 11.1 Å². The minimum absolute atomic E-state index is 0.145. The molecule has 1 amide bonds. The highest BCUT2D eigenvalue weighted by Crippen LogP contribution is 2.26. The lowest BCUT2D eigenvalue weighted by atomic mass is 10.0. The molecule has 0 saturated heterocycles. The fraction of sp³-hybridized carbons (Fsp3) is 0.267. The van der Waals surface area contributed by atoms with Crippen LogP contribution in [0.25, 0.3) is 0 Å². The molecule has 112 valence electrons. The summed E-state index contributed by atoms with van der Waals surface area (Å²) in [5, 5.41) is 4.81. The van der Waals surface area contributed by atoms with E-state index in [0.717, 1.165) is 10.4 Å². The number of carbonyl (C=O) groups excluding carboxylic acids is 1. The van der Waals surface area contributed by atoms with Crippen LogP contribution in [0.1, 0.15) is 16.5 Å². The normalized spacial score (nSPS) is 13.7. The molecule has 0 bridgehead atoms. The minimum atomic E-state index is -0.738. The molecule has 6 heteroatoms. The number of nitrogens with one attached hydrogen (secondary N) is 1. The molecule has 0 fully saturated rings. The van der Waals surface area contributed by atoms with Gasteiger partial charge >= 0.3 is 0 Å². The van der Waals surface area contributed by atoms with Gasteiger partial charge in [-0.3, -0.25) is 4.79 Å². The van der Waals surface area contributed by atoms with Crippen molar-refractivity contribution in [2.24, 2.45) is 5.73 Å². The average molecular weight is 308 g/mol. The van der Waals surface area contributed by atoms with Gasteiger partial charge < -0.3 is 15.8 Å². The van der Waals surface area contributed by atoms with Gasteiger partial charge in [-0.15, -0.1) is 11.3 Å². The molecule has 0 radical (unpaired) electrons. The maximum Gasteiger partial charge on any atom is 0.240 e. The zero-order valence-electron chi connectivity index (χ0n) is 11.6. The van der Waals surface area contributed by atoms with Crippen molar-refractivity contribution in [1.82, 2.24) is 5.32 Å². The van der Waals surface area contributed by atoms with Crippen LogP contribution in [0.5, 0.6) is 0 Å².